The van der Waals surface area contributed by atoms with Crippen LogP contribution in [0.25, 0.3) is 21.7 Å². The molecular formula is C26H23NO6S. The lowest BCUT2D eigenvalue weighted by Crippen LogP contribution is -2.35. The van der Waals surface area contributed by atoms with Crippen LogP contribution in [0.1, 0.15) is 35.2 Å². The van der Waals surface area contributed by atoms with Crippen LogP contribution < -0.4 is 5.63 Å². The maximum atomic E-state index is 13.0. The van der Waals surface area contributed by atoms with Crippen molar-refractivity contribution in [2.75, 3.05) is 13.1 Å². The van der Waals surface area contributed by atoms with Crippen molar-refractivity contribution in [2.45, 2.75) is 30.8 Å². The lowest BCUT2D eigenvalue weighted by molar-refractivity contribution is 0.0473. The van der Waals surface area contributed by atoms with Crippen LogP contribution in [0.15, 0.2) is 80.8 Å². The van der Waals surface area contributed by atoms with E-state index in [0.29, 0.717) is 29.6 Å². The zero-order chi connectivity index (χ0) is 23.7. The summed E-state index contributed by atoms with van der Waals surface area (Å²) >= 11 is 0. The van der Waals surface area contributed by atoms with Gasteiger partial charge >= 0.3 is 11.6 Å². The van der Waals surface area contributed by atoms with Gasteiger partial charge in [-0.25, -0.2) is 18.0 Å². The number of nitrogens with zero attached hydrogens (tertiary/aromatic N) is 1. The molecule has 1 saturated heterocycles. The molecule has 0 radical (unpaired) electrons. The molecule has 0 amide bonds. The van der Waals surface area contributed by atoms with Gasteiger partial charge in [0.05, 0.1) is 10.5 Å². The van der Waals surface area contributed by atoms with Crippen LogP contribution in [-0.4, -0.2) is 31.8 Å². The SMILES string of the molecule is O=C(OCc1cc(=O)oc2ccc3ccccc3c12)c1cccc(S(=O)(=O)N2CCCCC2)c1. The molecule has 0 N–H and O–H groups in total. The Morgan fingerprint density at radius 1 is 0.941 bits per heavy atom. The summed E-state index contributed by atoms with van der Waals surface area (Å²) in [5.41, 5.74) is 0.527. The van der Waals surface area contributed by atoms with E-state index >= 15 is 0 Å². The van der Waals surface area contributed by atoms with Gasteiger partial charge in [-0.05, 0) is 47.9 Å². The van der Waals surface area contributed by atoms with Crippen LogP contribution in [0, 0.1) is 0 Å². The van der Waals surface area contributed by atoms with Gasteiger partial charge in [-0.2, -0.15) is 4.31 Å². The van der Waals surface area contributed by atoms with E-state index in [4.69, 9.17) is 9.15 Å². The standard InChI is InChI=1S/C26H23NO6S/c28-24-16-20(25-22-10-3-2-7-18(22)11-12-23(25)33-24)17-32-26(29)19-8-6-9-21(15-19)34(30,31)27-13-4-1-5-14-27/h2-3,6-12,15-16H,1,4-5,13-14,17H2. The first-order valence-corrected chi connectivity index (χ1v) is 12.6. The van der Waals surface area contributed by atoms with Crippen LogP contribution in [0.4, 0.5) is 0 Å². The quantitative estimate of drug-likeness (QED) is 0.239. The molecule has 2 heterocycles. The van der Waals surface area contributed by atoms with Gasteiger partial charge < -0.3 is 9.15 Å². The molecule has 3 aromatic carbocycles. The van der Waals surface area contributed by atoms with Crippen molar-refractivity contribution in [1.82, 2.24) is 4.31 Å². The molecule has 1 aromatic heterocycles. The highest BCUT2D eigenvalue weighted by molar-refractivity contribution is 7.89. The van der Waals surface area contributed by atoms with E-state index in [1.54, 1.807) is 6.07 Å². The summed E-state index contributed by atoms with van der Waals surface area (Å²) in [6.07, 6.45) is 2.67. The topological polar surface area (TPSA) is 93.9 Å². The van der Waals surface area contributed by atoms with E-state index in [0.717, 1.165) is 30.0 Å². The summed E-state index contributed by atoms with van der Waals surface area (Å²) in [6, 6.07) is 18.5. The molecule has 4 aromatic rings. The van der Waals surface area contributed by atoms with Crippen molar-refractivity contribution in [3.05, 3.63) is 88.3 Å². The molecular weight excluding hydrogens is 454 g/mol. The van der Waals surface area contributed by atoms with Crippen LogP contribution in [0.3, 0.4) is 0 Å². The van der Waals surface area contributed by atoms with Gasteiger partial charge in [0, 0.05) is 30.1 Å². The molecule has 1 aliphatic rings. The summed E-state index contributed by atoms with van der Waals surface area (Å²) in [6.45, 7) is 0.807. The van der Waals surface area contributed by atoms with Gasteiger partial charge in [-0.3, -0.25) is 0 Å². The number of carbonyl (C=O) groups is 1. The third kappa shape index (κ3) is 4.22. The summed E-state index contributed by atoms with van der Waals surface area (Å²) < 4.78 is 38.3. The number of ether oxygens (including phenoxy) is 1. The Morgan fingerprint density at radius 3 is 2.56 bits per heavy atom. The highest BCUT2D eigenvalue weighted by atomic mass is 32.2. The number of piperidine rings is 1. The van der Waals surface area contributed by atoms with Crippen LogP contribution in [0.2, 0.25) is 0 Å². The number of hydrogen-bond acceptors (Lipinski definition) is 6. The summed E-state index contributed by atoms with van der Waals surface area (Å²) in [5.74, 6) is -0.669. The monoisotopic (exact) mass is 477 g/mol. The van der Waals surface area contributed by atoms with Crippen LogP contribution >= 0.6 is 0 Å². The molecule has 0 saturated carbocycles. The lowest BCUT2D eigenvalue weighted by Gasteiger charge is -2.25. The normalized spacial score (nSPS) is 14.9. The van der Waals surface area contributed by atoms with Crippen molar-refractivity contribution in [3.63, 3.8) is 0 Å². The summed E-state index contributed by atoms with van der Waals surface area (Å²) in [5, 5.41) is 2.54. The molecule has 8 heteroatoms. The number of carbonyl (C=O) groups excluding carboxylic acids is 1. The maximum absolute atomic E-state index is 13.0. The fraction of sp³-hybridized carbons (Fsp3) is 0.231. The third-order valence-electron chi connectivity index (χ3n) is 6.10. The summed E-state index contributed by atoms with van der Waals surface area (Å²) in [4.78, 5) is 25.0. The highest BCUT2D eigenvalue weighted by Gasteiger charge is 2.26. The molecule has 34 heavy (non-hydrogen) atoms. The summed E-state index contributed by atoms with van der Waals surface area (Å²) in [7, 11) is -3.67. The molecule has 1 fully saturated rings. The van der Waals surface area contributed by atoms with Gasteiger partial charge in [0.1, 0.15) is 12.2 Å². The van der Waals surface area contributed by atoms with Gasteiger partial charge in [0.15, 0.2) is 0 Å². The van der Waals surface area contributed by atoms with Crippen molar-refractivity contribution < 1.29 is 22.4 Å². The van der Waals surface area contributed by atoms with Crippen LogP contribution in [0.5, 0.6) is 0 Å². The molecule has 174 valence electrons. The van der Waals surface area contributed by atoms with Gasteiger partial charge in [-0.15, -0.1) is 0 Å². The van der Waals surface area contributed by atoms with E-state index in [2.05, 4.69) is 0 Å². The Labute approximate surface area is 196 Å². The first-order valence-electron chi connectivity index (χ1n) is 11.2. The molecule has 0 spiro atoms. The Kier molecular flexibility index (Phi) is 5.93. The first-order chi connectivity index (χ1) is 16.4. The largest absolute Gasteiger partial charge is 0.457 e. The second-order valence-electron chi connectivity index (χ2n) is 8.32. The van der Waals surface area contributed by atoms with E-state index < -0.39 is 21.6 Å². The van der Waals surface area contributed by atoms with Gasteiger partial charge in [-0.1, -0.05) is 42.8 Å². The Balaban J connectivity index is 1.43. The molecule has 1 aliphatic heterocycles. The number of esters is 1. The van der Waals surface area contributed by atoms with Gasteiger partial charge in [0.25, 0.3) is 0 Å². The fourth-order valence-corrected chi connectivity index (χ4v) is 5.96. The molecule has 0 atom stereocenters. The highest BCUT2D eigenvalue weighted by Crippen LogP contribution is 2.28. The van der Waals surface area contributed by atoms with Crippen molar-refractivity contribution in [3.8, 4) is 0 Å². The smallest absolute Gasteiger partial charge is 0.338 e. The minimum atomic E-state index is -3.67. The third-order valence-corrected chi connectivity index (χ3v) is 7.99. The van der Waals surface area contributed by atoms with Crippen molar-refractivity contribution in [2.24, 2.45) is 0 Å². The predicted molar refractivity (Wildman–Crippen MR) is 128 cm³/mol. The number of rotatable bonds is 5. The van der Waals surface area contributed by atoms with Gasteiger partial charge in [0.2, 0.25) is 10.0 Å². The average Bonchev–Trinajstić information content (AvgIpc) is 2.87. The van der Waals surface area contributed by atoms with Crippen LogP contribution in [-0.2, 0) is 21.4 Å². The lowest BCUT2D eigenvalue weighted by atomic mass is 10.0. The number of benzene rings is 3. The fourth-order valence-electron chi connectivity index (χ4n) is 4.40. The van der Waals surface area contributed by atoms with E-state index in [9.17, 15) is 18.0 Å². The maximum Gasteiger partial charge on any atom is 0.338 e. The molecule has 0 aliphatic carbocycles. The number of fused-ring (bicyclic) bond motifs is 3. The Morgan fingerprint density at radius 2 is 1.74 bits per heavy atom. The van der Waals surface area contributed by atoms with Crippen molar-refractivity contribution in [1.29, 1.82) is 0 Å². The second-order valence-corrected chi connectivity index (χ2v) is 10.3. The van der Waals surface area contributed by atoms with E-state index in [1.165, 1.54) is 34.6 Å². The Bertz CT molecular complexity index is 1550. The molecule has 0 unspecified atom stereocenters. The molecule has 0 bridgehead atoms. The predicted octanol–water partition coefficient (Wildman–Crippen LogP) is 4.48. The first kappa shape index (κ1) is 22.3. The second kappa shape index (κ2) is 9.04. The number of sulfonamides is 1. The molecule has 7 nitrogen and oxygen atoms in total. The van der Waals surface area contributed by atoms with Crippen molar-refractivity contribution >= 4 is 37.7 Å². The van der Waals surface area contributed by atoms with E-state index in [-0.39, 0.29) is 17.1 Å². The minimum absolute atomic E-state index is 0.0700. The minimum Gasteiger partial charge on any atom is -0.457 e. The van der Waals surface area contributed by atoms with E-state index in [1.807, 2.05) is 30.3 Å². The molecule has 5 rings (SSSR count). The zero-order valence-corrected chi connectivity index (χ0v) is 19.2. The average molecular weight is 478 g/mol. The zero-order valence-electron chi connectivity index (χ0n) is 18.4. The number of hydrogen-bond donors (Lipinski definition) is 0. The Hall–Kier alpha value is -3.49.